The van der Waals surface area contributed by atoms with E-state index in [-0.39, 0.29) is 17.9 Å². The van der Waals surface area contributed by atoms with E-state index in [0.29, 0.717) is 12.6 Å². The summed E-state index contributed by atoms with van der Waals surface area (Å²) >= 11 is 0. The van der Waals surface area contributed by atoms with Crippen LogP contribution in [0.25, 0.3) is 0 Å². The lowest BCUT2D eigenvalue weighted by Gasteiger charge is -2.34. The van der Waals surface area contributed by atoms with Gasteiger partial charge in [-0.2, -0.15) is 0 Å². The molecule has 1 heterocycles. The van der Waals surface area contributed by atoms with Crippen LogP contribution in [0.2, 0.25) is 0 Å². The van der Waals surface area contributed by atoms with Crippen molar-refractivity contribution in [3.8, 4) is 0 Å². The van der Waals surface area contributed by atoms with Crippen LogP contribution in [-0.2, 0) is 14.8 Å². The average molecular weight is 304 g/mol. The summed E-state index contributed by atoms with van der Waals surface area (Å²) in [5.41, 5.74) is 0. The van der Waals surface area contributed by atoms with Gasteiger partial charge < -0.3 is 10.1 Å². The molecule has 1 aliphatic carbocycles. The van der Waals surface area contributed by atoms with Gasteiger partial charge in [0.2, 0.25) is 10.0 Å². The van der Waals surface area contributed by atoms with Crippen molar-refractivity contribution in [3.05, 3.63) is 0 Å². The predicted molar refractivity (Wildman–Crippen MR) is 80.2 cm³/mol. The lowest BCUT2D eigenvalue weighted by Crippen LogP contribution is -2.45. The first kappa shape index (κ1) is 16.2. The fourth-order valence-corrected chi connectivity index (χ4v) is 4.92. The van der Waals surface area contributed by atoms with E-state index in [1.165, 1.54) is 0 Å². The second kappa shape index (κ2) is 7.20. The van der Waals surface area contributed by atoms with Gasteiger partial charge in [0.05, 0.1) is 11.9 Å². The summed E-state index contributed by atoms with van der Waals surface area (Å²) in [6, 6.07) is 0.724. The molecule has 1 atom stereocenters. The molecule has 1 saturated heterocycles. The second-order valence-corrected chi connectivity index (χ2v) is 8.07. The number of nitrogens with zero attached hydrogens (tertiary/aromatic N) is 1. The summed E-state index contributed by atoms with van der Waals surface area (Å²) in [5, 5.41) is 3.45. The Kier molecular flexibility index (Phi) is 5.84. The molecule has 118 valence electrons. The molecule has 6 heteroatoms. The Morgan fingerprint density at radius 2 is 1.90 bits per heavy atom. The summed E-state index contributed by atoms with van der Waals surface area (Å²) in [5.74, 6) is 0.149. The molecule has 0 radical (unpaired) electrons. The number of hydrogen-bond acceptors (Lipinski definition) is 4. The van der Waals surface area contributed by atoms with Crippen molar-refractivity contribution in [2.24, 2.45) is 0 Å². The molecule has 2 rings (SSSR count). The van der Waals surface area contributed by atoms with Crippen LogP contribution in [0.15, 0.2) is 0 Å². The van der Waals surface area contributed by atoms with E-state index in [4.69, 9.17) is 4.74 Å². The van der Waals surface area contributed by atoms with Crippen LogP contribution in [0.5, 0.6) is 0 Å². The van der Waals surface area contributed by atoms with E-state index in [1.807, 2.05) is 0 Å². The maximum atomic E-state index is 12.4. The molecule has 1 aliphatic heterocycles. The maximum absolute atomic E-state index is 12.4. The zero-order chi connectivity index (χ0) is 14.6. The van der Waals surface area contributed by atoms with Crippen molar-refractivity contribution in [1.82, 2.24) is 9.62 Å². The molecule has 5 nitrogen and oxygen atoms in total. The van der Waals surface area contributed by atoms with Crippen molar-refractivity contribution < 1.29 is 13.2 Å². The fraction of sp³-hybridized carbons (Fsp3) is 1.00. The van der Waals surface area contributed by atoms with Gasteiger partial charge in [-0.25, -0.2) is 12.7 Å². The van der Waals surface area contributed by atoms with Gasteiger partial charge in [-0.05, 0) is 45.1 Å². The number of sulfonamides is 1. The summed E-state index contributed by atoms with van der Waals surface area (Å²) in [7, 11) is -1.45. The van der Waals surface area contributed by atoms with Crippen molar-refractivity contribution in [1.29, 1.82) is 0 Å². The standard InChI is InChI=1S/C14H28N2O3S/c1-3-15-12-6-8-13(9-7-12)16(2)20(17,18)11-14-5-4-10-19-14/h12-15H,3-11H2,1-2H3. The molecule has 1 saturated carbocycles. The highest BCUT2D eigenvalue weighted by molar-refractivity contribution is 7.89. The van der Waals surface area contributed by atoms with Crippen molar-refractivity contribution >= 4 is 10.0 Å². The number of rotatable bonds is 6. The quantitative estimate of drug-likeness (QED) is 0.805. The molecule has 0 aromatic carbocycles. The summed E-state index contributed by atoms with van der Waals surface area (Å²) in [6.07, 6.45) is 5.81. The van der Waals surface area contributed by atoms with Crippen LogP contribution in [0, 0.1) is 0 Å². The van der Waals surface area contributed by atoms with E-state index in [1.54, 1.807) is 11.4 Å². The van der Waals surface area contributed by atoms with E-state index in [0.717, 1.165) is 45.1 Å². The highest BCUT2D eigenvalue weighted by atomic mass is 32.2. The van der Waals surface area contributed by atoms with Crippen LogP contribution in [0.1, 0.15) is 45.4 Å². The number of nitrogens with one attached hydrogen (secondary N) is 1. The lowest BCUT2D eigenvalue weighted by atomic mass is 9.91. The molecule has 20 heavy (non-hydrogen) atoms. The minimum atomic E-state index is -3.19. The van der Waals surface area contributed by atoms with E-state index >= 15 is 0 Å². The van der Waals surface area contributed by atoms with E-state index in [9.17, 15) is 8.42 Å². The third-order valence-electron chi connectivity index (χ3n) is 4.56. The normalized spacial score (nSPS) is 31.9. The first-order valence-electron chi connectivity index (χ1n) is 7.83. The predicted octanol–water partition coefficient (Wildman–Crippen LogP) is 1.35. The van der Waals surface area contributed by atoms with Gasteiger partial charge in [-0.15, -0.1) is 0 Å². The van der Waals surface area contributed by atoms with Crippen LogP contribution < -0.4 is 5.32 Å². The van der Waals surface area contributed by atoms with Gasteiger partial charge in [-0.1, -0.05) is 6.92 Å². The van der Waals surface area contributed by atoms with Crippen LogP contribution in [0.3, 0.4) is 0 Å². The molecule has 0 spiro atoms. The Bertz CT molecular complexity index is 385. The molecule has 0 bridgehead atoms. The molecule has 0 aromatic rings. The summed E-state index contributed by atoms with van der Waals surface area (Å²) in [4.78, 5) is 0. The SMILES string of the molecule is CCNC1CCC(N(C)S(=O)(=O)CC2CCCO2)CC1. The lowest BCUT2D eigenvalue weighted by molar-refractivity contribution is 0.125. The Labute approximate surface area is 123 Å². The Hall–Kier alpha value is -0.170. The molecule has 2 fully saturated rings. The molecule has 2 aliphatic rings. The Morgan fingerprint density at radius 1 is 1.20 bits per heavy atom. The smallest absolute Gasteiger partial charge is 0.216 e. The van der Waals surface area contributed by atoms with Crippen molar-refractivity contribution in [3.63, 3.8) is 0 Å². The molecular weight excluding hydrogens is 276 g/mol. The van der Waals surface area contributed by atoms with Crippen molar-refractivity contribution in [2.45, 2.75) is 63.6 Å². The first-order valence-corrected chi connectivity index (χ1v) is 9.44. The third-order valence-corrected chi connectivity index (χ3v) is 6.53. The van der Waals surface area contributed by atoms with Gasteiger partial charge >= 0.3 is 0 Å². The largest absolute Gasteiger partial charge is 0.377 e. The Morgan fingerprint density at radius 3 is 2.45 bits per heavy atom. The van der Waals surface area contributed by atoms with E-state index < -0.39 is 10.0 Å². The van der Waals surface area contributed by atoms with Gasteiger partial charge in [-0.3, -0.25) is 0 Å². The summed E-state index contributed by atoms with van der Waals surface area (Å²) in [6.45, 7) is 3.81. The highest BCUT2D eigenvalue weighted by Gasteiger charge is 2.32. The first-order chi connectivity index (χ1) is 9.53. The third kappa shape index (κ3) is 4.16. The minimum Gasteiger partial charge on any atom is -0.377 e. The van der Waals surface area contributed by atoms with Gasteiger partial charge in [0, 0.05) is 25.7 Å². The van der Waals surface area contributed by atoms with Gasteiger partial charge in [0.25, 0.3) is 0 Å². The van der Waals surface area contributed by atoms with Crippen LogP contribution in [0.4, 0.5) is 0 Å². The van der Waals surface area contributed by atoms with Crippen LogP contribution in [-0.4, -0.2) is 56.9 Å². The van der Waals surface area contributed by atoms with Crippen molar-refractivity contribution in [2.75, 3.05) is 26.0 Å². The van der Waals surface area contributed by atoms with Gasteiger partial charge in [0.15, 0.2) is 0 Å². The zero-order valence-corrected chi connectivity index (χ0v) is 13.5. The number of ether oxygens (including phenoxy) is 1. The Balaban J connectivity index is 1.85. The average Bonchev–Trinajstić information content (AvgIpc) is 2.91. The maximum Gasteiger partial charge on any atom is 0.216 e. The van der Waals surface area contributed by atoms with Crippen LogP contribution >= 0.6 is 0 Å². The molecule has 1 N–H and O–H groups in total. The molecule has 0 amide bonds. The van der Waals surface area contributed by atoms with Gasteiger partial charge in [0.1, 0.15) is 0 Å². The zero-order valence-electron chi connectivity index (χ0n) is 12.7. The second-order valence-electron chi connectivity index (χ2n) is 5.99. The molecular formula is C14H28N2O3S. The number of hydrogen-bond donors (Lipinski definition) is 1. The monoisotopic (exact) mass is 304 g/mol. The summed E-state index contributed by atoms with van der Waals surface area (Å²) < 4.78 is 31.9. The fourth-order valence-electron chi connectivity index (χ4n) is 3.29. The molecule has 0 aromatic heterocycles. The van der Waals surface area contributed by atoms with E-state index in [2.05, 4.69) is 12.2 Å². The topological polar surface area (TPSA) is 58.6 Å². The minimum absolute atomic E-state index is 0.0967. The highest BCUT2D eigenvalue weighted by Crippen LogP contribution is 2.25. The molecule has 1 unspecified atom stereocenters.